The molecule has 0 atom stereocenters. The van der Waals surface area contributed by atoms with Gasteiger partial charge in [-0.15, -0.1) is 0 Å². The molecule has 5 heteroatoms. The second kappa shape index (κ2) is 4.27. The zero-order valence-electron chi connectivity index (χ0n) is 9.76. The van der Waals surface area contributed by atoms with Crippen molar-refractivity contribution in [2.45, 2.75) is 19.6 Å². The molecule has 3 heterocycles. The van der Waals surface area contributed by atoms with E-state index in [9.17, 15) is 9.90 Å². The van der Waals surface area contributed by atoms with Crippen LogP contribution in [0.1, 0.15) is 16.8 Å². The maximum Gasteiger partial charge on any atom is 0.223 e. The first-order valence-electron chi connectivity index (χ1n) is 5.77. The Hall–Kier alpha value is -2.14. The van der Waals surface area contributed by atoms with Crippen molar-refractivity contribution in [3.63, 3.8) is 0 Å². The summed E-state index contributed by atoms with van der Waals surface area (Å²) in [6.07, 6.45) is 5.02. The fraction of sp³-hybridized carbons (Fsp3) is 0.231. The van der Waals surface area contributed by atoms with Gasteiger partial charge < -0.3 is 10.1 Å². The number of fused-ring (bicyclic) bond motifs is 1. The molecule has 0 fully saturated rings. The summed E-state index contributed by atoms with van der Waals surface area (Å²) in [5, 5.41) is 9.18. The molecular formula is C13H13N3O2. The van der Waals surface area contributed by atoms with Crippen molar-refractivity contribution in [2.24, 2.45) is 0 Å². The Morgan fingerprint density at radius 3 is 3.00 bits per heavy atom. The van der Waals surface area contributed by atoms with Crippen LogP contribution in [0, 0.1) is 0 Å². The van der Waals surface area contributed by atoms with E-state index in [2.05, 4.69) is 14.9 Å². The average Bonchev–Trinajstić information content (AvgIpc) is 2.76. The van der Waals surface area contributed by atoms with Gasteiger partial charge in [-0.2, -0.15) is 0 Å². The molecular weight excluding hydrogens is 230 g/mol. The Balaban J connectivity index is 1.76. The SMILES string of the molecule is O=c1cc(CN2Cc3ccncc3C2)[nH]cc1O. The first-order valence-corrected chi connectivity index (χ1v) is 5.77. The van der Waals surface area contributed by atoms with Crippen molar-refractivity contribution >= 4 is 0 Å². The number of nitrogens with one attached hydrogen (secondary N) is 1. The molecule has 3 rings (SSSR count). The highest BCUT2D eigenvalue weighted by molar-refractivity contribution is 5.27. The molecule has 0 saturated carbocycles. The lowest BCUT2D eigenvalue weighted by atomic mass is 10.2. The highest BCUT2D eigenvalue weighted by Gasteiger charge is 2.18. The summed E-state index contributed by atoms with van der Waals surface area (Å²) < 4.78 is 0. The minimum Gasteiger partial charge on any atom is -0.503 e. The summed E-state index contributed by atoms with van der Waals surface area (Å²) in [6, 6.07) is 3.46. The fourth-order valence-corrected chi connectivity index (χ4v) is 2.24. The first-order chi connectivity index (χ1) is 8.72. The normalized spacial score (nSPS) is 14.7. The second-order valence-corrected chi connectivity index (χ2v) is 4.50. The summed E-state index contributed by atoms with van der Waals surface area (Å²) in [6.45, 7) is 2.36. The average molecular weight is 243 g/mol. The van der Waals surface area contributed by atoms with Crippen LogP contribution in [0.25, 0.3) is 0 Å². The van der Waals surface area contributed by atoms with E-state index in [1.165, 1.54) is 23.4 Å². The maximum absolute atomic E-state index is 11.3. The van der Waals surface area contributed by atoms with Gasteiger partial charge >= 0.3 is 0 Å². The molecule has 0 aliphatic carbocycles. The van der Waals surface area contributed by atoms with Crippen molar-refractivity contribution in [2.75, 3.05) is 0 Å². The smallest absolute Gasteiger partial charge is 0.223 e. The summed E-state index contributed by atoms with van der Waals surface area (Å²) >= 11 is 0. The largest absolute Gasteiger partial charge is 0.503 e. The first kappa shape index (κ1) is 11.0. The van der Waals surface area contributed by atoms with E-state index in [0.717, 1.165) is 18.8 Å². The molecule has 2 aromatic rings. The van der Waals surface area contributed by atoms with Crippen molar-refractivity contribution in [3.05, 3.63) is 57.8 Å². The number of hydrogen-bond acceptors (Lipinski definition) is 4. The molecule has 1 aliphatic heterocycles. The lowest BCUT2D eigenvalue weighted by Crippen LogP contribution is -2.17. The van der Waals surface area contributed by atoms with Crippen LogP contribution in [-0.4, -0.2) is 20.0 Å². The third-order valence-corrected chi connectivity index (χ3v) is 3.14. The number of nitrogens with zero attached hydrogens (tertiary/aromatic N) is 2. The van der Waals surface area contributed by atoms with Crippen LogP contribution in [0.3, 0.4) is 0 Å². The summed E-state index contributed by atoms with van der Waals surface area (Å²) in [7, 11) is 0. The van der Waals surface area contributed by atoms with Gasteiger partial charge in [0.05, 0.1) is 0 Å². The van der Waals surface area contributed by atoms with Crippen molar-refractivity contribution in [1.82, 2.24) is 14.9 Å². The van der Waals surface area contributed by atoms with Gasteiger partial charge in [-0.05, 0) is 17.2 Å². The van der Waals surface area contributed by atoms with E-state index in [0.29, 0.717) is 6.54 Å². The highest BCUT2D eigenvalue weighted by Crippen LogP contribution is 2.22. The summed E-state index contributed by atoms with van der Waals surface area (Å²) in [4.78, 5) is 20.6. The molecule has 18 heavy (non-hydrogen) atoms. The fourth-order valence-electron chi connectivity index (χ4n) is 2.24. The molecule has 0 aromatic carbocycles. The third-order valence-electron chi connectivity index (χ3n) is 3.14. The number of hydrogen-bond donors (Lipinski definition) is 2. The summed E-state index contributed by atoms with van der Waals surface area (Å²) in [5.41, 5.74) is 2.98. The number of aromatic nitrogens is 2. The highest BCUT2D eigenvalue weighted by atomic mass is 16.3. The number of H-pyrrole nitrogens is 1. The van der Waals surface area contributed by atoms with E-state index in [4.69, 9.17) is 0 Å². The Morgan fingerprint density at radius 2 is 2.22 bits per heavy atom. The van der Waals surface area contributed by atoms with Crippen molar-refractivity contribution < 1.29 is 5.11 Å². The van der Waals surface area contributed by atoms with Crippen LogP contribution in [0.2, 0.25) is 0 Å². The molecule has 0 unspecified atom stereocenters. The Morgan fingerprint density at radius 1 is 1.39 bits per heavy atom. The van der Waals surface area contributed by atoms with E-state index in [-0.39, 0.29) is 11.2 Å². The topological polar surface area (TPSA) is 69.2 Å². The van der Waals surface area contributed by atoms with Gasteiger partial charge in [-0.25, -0.2) is 0 Å². The minimum atomic E-state index is -0.345. The number of pyridine rings is 2. The molecule has 0 bridgehead atoms. The second-order valence-electron chi connectivity index (χ2n) is 4.50. The van der Waals surface area contributed by atoms with Crippen molar-refractivity contribution in [3.8, 4) is 5.75 Å². The molecule has 5 nitrogen and oxygen atoms in total. The molecule has 0 spiro atoms. The molecule has 0 amide bonds. The van der Waals surface area contributed by atoms with E-state index >= 15 is 0 Å². The standard InChI is InChI=1S/C13H13N3O2/c17-12-3-11(15-5-13(12)18)8-16-6-9-1-2-14-4-10(9)7-16/h1-5,18H,6-8H2,(H,15,17). The Bertz CT molecular complexity index is 611. The number of aromatic hydroxyl groups is 1. The zero-order chi connectivity index (χ0) is 12.5. The number of rotatable bonds is 2. The zero-order valence-corrected chi connectivity index (χ0v) is 9.76. The van der Waals surface area contributed by atoms with Gasteiger partial charge in [0, 0.05) is 50.0 Å². The minimum absolute atomic E-state index is 0.243. The van der Waals surface area contributed by atoms with Gasteiger partial charge in [0.15, 0.2) is 5.75 Å². The van der Waals surface area contributed by atoms with Gasteiger partial charge in [-0.3, -0.25) is 14.7 Å². The van der Waals surface area contributed by atoms with E-state index in [1.54, 1.807) is 6.20 Å². The molecule has 1 aliphatic rings. The van der Waals surface area contributed by atoms with Crippen LogP contribution in [0.4, 0.5) is 0 Å². The summed E-state index contributed by atoms with van der Waals surface area (Å²) in [5.74, 6) is -0.243. The van der Waals surface area contributed by atoms with E-state index < -0.39 is 0 Å². The van der Waals surface area contributed by atoms with Gasteiger partial charge in [0.25, 0.3) is 0 Å². The molecule has 2 N–H and O–H groups in total. The Labute approximate surface area is 104 Å². The van der Waals surface area contributed by atoms with Crippen molar-refractivity contribution in [1.29, 1.82) is 0 Å². The quantitative estimate of drug-likeness (QED) is 0.825. The molecule has 92 valence electrons. The lowest BCUT2D eigenvalue weighted by molar-refractivity contribution is 0.271. The Kier molecular flexibility index (Phi) is 2.60. The van der Waals surface area contributed by atoms with E-state index in [1.807, 2.05) is 12.3 Å². The van der Waals surface area contributed by atoms with Crippen LogP contribution in [0.15, 0.2) is 35.5 Å². The maximum atomic E-state index is 11.3. The van der Waals surface area contributed by atoms with Crippen LogP contribution in [0.5, 0.6) is 5.75 Å². The van der Waals surface area contributed by atoms with Gasteiger partial charge in [0.1, 0.15) is 0 Å². The predicted molar refractivity (Wildman–Crippen MR) is 65.9 cm³/mol. The molecule has 0 saturated heterocycles. The molecule has 2 aromatic heterocycles. The van der Waals surface area contributed by atoms with Crippen LogP contribution in [-0.2, 0) is 19.6 Å². The molecule has 0 radical (unpaired) electrons. The predicted octanol–water partition coefficient (Wildman–Crippen LogP) is 0.991. The third kappa shape index (κ3) is 2.00. The van der Waals surface area contributed by atoms with Gasteiger partial charge in [-0.1, -0.05) is 0 Å². The monoisotopic (exact) mass is 243 g/mol. The number of aromatic amines is 1. The van der Waals surface area contributed by atoms with Crippen LogP contribution < -0.4 is 5.43 Å². The van der Waals surface area contributed by atoms with Crippen LogP contribution >= 0.6 is 0 Å². The van der Waals surface area contributed by atoms with Gasteiger partial charge in [0.2, 0.25) is 5.43 Å². The lowest BCUT2D eigenvalue weighted by Gasteiger charge is -2.14.